The van der Waals surface area contributed by atoms with E-state index in [2.05, 4.69) is 37.9 Å². The molecule has 0 aliphatic rings. The Kier molecular flexibility index (Phi) is 6.33. The molecule has 0 aliphatic carbocycles. The summed E-state index contributed by atoms with van der Waals surface area (Å²) in [5.41, 5.74) is 2.25. The molecule has 0 radical (unpaired) electrons. The van der Waals surface area contributed by atoms with Gasteiger partial charge < -0.3 is 14.9 Å². The summed E-state index contributed by atoms with van der Waals surface area (Å²) in [6.45, 7) is 5.07. The molecule has 1 N–H and O–H groups in total. The first-order chi connectivity index (χ1) is 8.49. The zero-order valence-electron chi connectivity index (χ0n) is 12.1. The lowest BCUT2D eigenvalue weighted by atomic mass is 10.0. The Morgan fingerprint density at radius 2 is 1.61 bits per heavy atom. The van der Waals surface area contributed by atoms with Crippen LogP contribution in [0.4, 0.5) is 0 Å². The Hall–Kier alpha value is -0.900. The van der Waals surface area contributed by atoms with E-state index in [1.165, 1.54) is 5.56 Å². The van der Waals surface area contributed by atoms with Crippen molar-refractivity contribution in [2.24, 2.45) is 0 Å². The number of nitrogens with zero attached hydrogens (tertiary/aromatic N) is 2. The third-order valence-electron chi connectivity index (χ3n) is 3.18. The van der Waals surface area contributed by atoms with Crippen molar-refractivity contribution in [2.45, 2.75) is 19.4 Å². The quantitative estimate of drug-likeness (QED) is 0.801. The Labute approximate surface area is 111 Å². The summed E-state index contributed by atoms with van der Waals surface area (Å²) in [6, 6.07) is 8.13. The van der Waals surface area contributed by atoms with Crippen LogP contribution >= 0.6 is 0 Å². The molecule has 0 amide bonds. The number of benzene rings is 1. The van der Waals surface area contributed by atoms with Crippen molar-refractivity contribution in [3.63, 3.8) is 0 Å². The minimum Gasteiger partial charge on any atom is -0.388 e. The molecule has 0 bridgehead atoms. The number of likely N-dealkylation sites (N-methyl/N-ethyl adjacent to an activating group) is 2. The Balaban J connectivity index is 2.32. The number of hydrogen-bond donors (Lipinski definition) is 1. The van der Waals surface area contributed by atoms with Crippen LogP contribution in [0.2, 0.25) is 0 Å². The maximum absolute atomic E-state index is 10.1. The van der Waals surface area contributed by atoms with Crippen LogP contribution in [0.1, 0.15) is 23.7 Å². The molecular weight excluding hydrogens is 224 g/mol. The van der Waals surface area contributed by atoms with Gasteiger partial charge >= 0.3 is 0 Å². The van der Waals surface area contributed by atoms with Gasteiger partial charge in [0.2, 0.25) is 0 Å². The first-order valence-corrected chi connectivity index (χ1v) is 6.57. The van der Waals surface area contributed by atoms with Crippen molar-refractivity contribution in [1.29, 1.82) is 0 Å². The van der Waals surface area contributed by atoms with Gasteiger partial charge in [-0.15, -0.1) is 0 Å². The maximum Gasteiger partial charge on any atom is 0.0802 e. The molecule has 0 aromatic heterocycles. The van der Waals surface area contributed by atoms with Crippen LogP contribution in [0.25, 0.3) is 0 Å². The molecule has 0 saturated heterocycles. The van der Waals surface area contributed by atoms with Gasteiger partial charge in [-0.2, -0.15) is 0 Å². The van der Waals surface area contributed by atoms with Crippen molar-refractivity contribution in [1.82, 2.24) is 9.80 Å². The van der Waals surface area contributed by atoms with E-state index in [4.69, 9.17) is 0 Å². The highest BCUT2D eigenvalue weighted by molar-refractivity contribution is 5.22. The smallest absolute Gasteiger partial charge is 0.0802 e. The SMILES string of the molecule is Cc1ccc(C(O)CCN(C)CCN(C)C)cc1. The summed E-state index contributed by atoms with van der Waals surface area (Å²) in [5, 5.41) is 10.1. The Bertz CT molecular complexity index is 335. The van der Waals surface area contributed by atoms with Gasteiger partial charge in [0.15, 0.2) is 0 Å². The second-order valence-electron chi connectivity index (χ2n) is 5.32. The fraction of sp³-hybridized carbons (Fsp3) is 0.600. The standard InChI is InChI=1S/C15H26N2O/c1-13-5-7-14(8-6-13)15(18)9-10-17(4)12-11-16(2)3/h5-8,15,18H,9-12H2,1-4H3. The fourth-order valence-electron chi connectivity index (χ4n) is 1.78. The van der Waals surface area contributed by atoms with Crippen molar-refractivity contribution in [3.05, 3.63) is 35.4 Å². The third kappa shape index (κ3) is 5.63. The van der Waals surface area contributed by atoms with E-state index in [0.717, 1.165) is 31.6 Å². The highest BCUT2D eigenvalue weighted by atomic mass is 16.3. The highest BCUT2D eigenvalue weighted by Gasteiger charge is 2.08. The monoisotopic (exact) mass is 250 g/mol. The van der Waals surface area contributed by atoms with E-state index in [1.54, 1.807) is 0 Å². The molecule has 3 nitrogen and oxygen atoms in total. The molecule has 0 spiro atoms. The summed E-state index contributed by atoms with van der Waals surface area (Å²) in [5.74, 6) is 0. The van der Waals surface area contributed by atoms with Crippen molar-refractivity contribution in [3.8, 4) is 0 Å². The van der Waals surface area contributed by atoms with Crippen molar-refractivity contribution < 1.29 is 5.11 Å². The average Bonchev–Trinajstić information content (AvgIpc) is 2.34. The van der Waals surface area contributed by atoms with E-state index >= 15 is 0 Å². The molecule has 1 rings (SSSR count). The summed E-state index contributed by atoms with van der Waals surface area (Å²) in [6.07, 6.45) is 0.430. The van der Waals surface area contributed by atoms with Gasteiger partial charge in [-0.1, -0.05) is 29.8 Å². The largest absolute Gasteiger partial charge is 0.388 e. The number of aliphatic hydroxyl groups is 1. The highest BCUT2D eigenvalue weighted by Crippen LogP contribution is 2.17. The summed E-state index contributed by atoms with van der Waals surface area (Å²) >= 11 is 0. The average molecular weight is 250 g/mol. The molecule has 3 heteroatoms. The molecule has 1 unspecified atom stereocenters. The molecule has 1 aromatic carbocycles. The van der Waals surface area contributed by atoms with E-state index in [0.29, 0.717) is 0 Å². The molecule has 0 saturated carbocycles. The van der Waals surface area contributed by atoms with Crippen LogP contribution < -0.4 is 0 Å². The molecule has 18 heavy (non-hydrogen) atoms. The number of hydrogen-bond acceptors (Lipinski definition) is 3. The van der Waals surface area contributed by atoms with E-state index in [1.807, 2.05) is 24.3 Å². The zero-order chi connectivity index (χ0) is 13.5. The second-order valence-corrected chi connectivity index (χ2v) is 5.32. The van der Waals surface area contributed by atoms with Crippen LogP contribution in [-0.2, 0) is 0 Å². The lowest BCUT2D eigenvalue weighted by Crippen LogP contribution is -2.30. The zero-order valence-corrected chi connectivity index (χ0v) is 12.1. The predicted octanol–water partition coefficient (Wildman–Crippen LogP) is 1.91. The van der Waals surface area contributed by atoms with Crippen LogP contribution in [0.5, 0.6) is 0 Å². The molecule has 0 fully saturated rings. The Morgan fingerprint density at radius 1 is 1.00 bits per heavy atom. The first-order valence-electron chi connectivity index (χ1n) is 6.57. The van der Waals surface area contributed by atoms with Crippen molar-refractivity contribution >= 4 is 0 Å². The molecule has 0 aliphatic heterocycles. The van der Waals surface area contributed by atoms with E-state index < -0.39 is 0 Å². The lowest BCUT2D eigenvalue weighted by Gasteiger charge is -2.21. The lowest BCUT2D eigenvalue weighted by molar-refractivity contribution is 0.147. The maximum atomic E-state index is 10.1. The molecule has 102 valence electrons. The minimum absolute atomic E-state index is 0.354. The van der Waals surface area contributed by atoms with Crippen molar-refractivity contribution in [2.75, 3.05) is 40.8 Å². The normalized spacial score (nSPS) is 13.3. The van der Waals surface area contributed by atoms with Gasteiger partial charge in [0.05, 0.1) is 6.10 Å². The fourth-order valence-corrected chi connectivity index (χ4v) is 1.78. The molecule has 0 heterocycles. The summed E-state index contributed by atoms with van der Waals surface area (Å²) in [7, 11) is 6.26. The molecule has 1 aromatic rings. The number of aliphatic hydroxyl groups excluding tert-OH is 1. The third-order valence-corrected chi connectivity index (χ3v) is 3.18. The van der Waals surface area contributed by atoms with Gasteiger partial charge in [0, 0.05) is 19.6 Å². The topological polar surface area (TPSA) is 26.7 Å². The number of aryl methyl sites for hydroxylation is 1. The van der Waals surface area contributed by atoms with E-state index in [9.17, 15) is 5.11 Å². The second kappa shape index (κ2) is 7.52. The van der Waals surface area contributed by atoms with Crippen LogP contribution in [0, 0.1) is 6.92 Å². The van der Waals surface area contributed by atoms with Gasteiger partial charge in [-0.3, -0.25) is 0 Å². The predicted molar refractivity (Wildman–Crippen MR) is 76.8 cm³/mol. The van der Waals surface area contributed by atoms with E-state index in [-0.39, 0.29) is 6.10 Å². The van der Waals surface area contributed by atoms with Gasteiger partial charge in [0.1, 0.15) is 0 Å². The first kappa shape index (κ1) is 15.2. The Morgan fingerprint density at radius 3 is 2.17 bits per heavy atom. The van der Waals surface area contributed by atoms with Crippen LogP contribution in [0.15, 0.2) is 24.3 Å². The van der Waals surface area contributed by atoms with Gasteiger partial charge in [-0.05, 0) is 40.1 Å². The molecular formula is C15H26N2O. The number of rotatable bonds is 7. The summed E-state index contributed by atoms with van der Waals surface area (Å²) < 4.78 is 0. The van der Waals surface area contributed by atoms with Crippen LogP contribution in [-0.4, -0.2) is 55.7 Å². The minimum atomic E-state index is -0.354. The molecule has 1 atom stereocenters. The summed E-state index contributed by atoms with van der Waals surface area (Å²) in [4.78, 5) is 4.43. The van der Waals surface area contributed by atoms with Gasteiger partial charge in [0.25, 0.3) is 0 Å². The van der Waals surface area contributed by atoms with Crippen LogP contribution in [0.3, 0.4) is 0 Å². The van der Waals surface area contributed by atoms with Gasteiger partial charge in [-0.25, -0.2) is 0 Å².